The molecule has 38 valence electrons. The van der Waals surface area contributed by atoms with Gasteiger partial charge in [-0.1, -0.05) is 19.9 Å². The van der Waals surface area contributed by atoms with Gasteiger partial charge in [0.15, 0.2) is 0 Å². The normalized spacial score (nSPS) is 7.17. The van der Waals surface area contributed by atoms with Gasteiger partial charge in [-0.3, -0.25) is 0 Å². The molecule has 0 aromatic carbocycles. The first-order valence-electron chi connectivity index (χ1n) is 1.90. The number of allylic oxidation sites excluding steroid dienone is 1. The molecule has 0 aromatic rings. The van der Waals surface area contributed by atoms with Crippen molar-refractivity contribution in [1.82, 2.24) is 6.15 Å². The third-order valence-corrected chi connectivity index (χ3v) is 0.471. The molecule has 0 aliphatic carbocycles. The Morgan fingerprint density at radius 1 is 1.50 bits per heavy atom. The lowest BCUT2D eigenvalue weighted by molar-refractivity contribution is 0.835. The Morgan fingerprint density at radius 3 is 1.67 bits per heavy atom. The summed E-state index contributed by atoms with van der Waals surface area (Å²) < 4.78 is 0. The van der Waals surface area contributed by atoms with Crippen LogP contribution >= 0.6 is 0 Å². The van der Waals surface area contributed by atoms with Gasteiger partial charge in [0.1, 0.15) is 0 Å². The van der Waals surface area contributed by atoms with E-state index < -0.39 is 0 Å². The van der Waals surface area contributed by atoms with Gasteiger partial charge in [0.2, 0.25) is 0 Å². The monoisotopic (exact) mass is 87.1 g/mol. The van der Waals surface area contributed by atoms with E-state index in [2.05, 4.69) is 20.4 Å². The van der Waals surface area contributed by atoms with Crippen LogP contribution in [0, 0.1) is 5.92 Å². The summed E-state index contributed by atoms with van der Waals surface area (Å²) in [5.74, 6) is 0.648. The SMILES string of the molecule is C=CC(C)C.N. The summed E-state index contributed by atoms with van der Waals surface area (Å²) in [6.45, 7) is 7.77. The Labute approximate surface area is 39.6 Å². The van der Waals surface area contributed by atoms with E-state index in [0.717, 1.165) is 0 Å². The molecule has 0 rings (SSSR count). The number of hydrogen-bond acceptors (Lipinski definition) is 1. The summed E-state index contributed by atoms with van der Waals surface area (Å²) in [6, 6.07) is 0. The minimum atomic E-state index is 0. The molecule has 0 amide bonds. The molecular formula is C5H13N. The molecule has 0 saturated heterocycles. The maximum absolute atomic E-state index is 3.56. The van der Waals surface area contributed by atoms with E-state index in [-0.39, 0.29) is 6.15 Å². The molecular weight excluding hydrogens is 74.1 g/mol. The zero-order chi connectivity index (χ0) is 4.28. The van der Waals surface area contributed by atoms with Crippen molar-refractivity contribution < 1.29 is 0 Å². The zero-order valence-electron chi connectivity index (χ0n) is 4.57. The molecule has 0 unspecified atom stereocenters. The van der Waals surface area contributed by atoms with Gasteiger partial charge in [-0.2, -0.15) is 0 Å². The van der Waals surface area contributed by atoms with Crippen molar-refractivity contribution in [2.45, 2.75) is 13.8 Å². The van der Waals surface area contributed by atoms with Crippen molar-refractivity contribution >= 4 is 0 Å². The third-order valence-electron chi connectivity index (χ3n) is 0.471. The van der Waals surface area contributed by atoms with Gasteiger partial charge < -0.3 is 6.15 Å². The summed E-state index contributed by atoms with van der Waals surface area (Å²) in [5, 5.41) is 0. The van der Waals surface area contributed by atoms with Gasteiger partial charge in [0, 0.05) is 0 Å². The summed E-state index contributed by atoms with van der Waals surface area (Å²) in [7, 11) is 0. The van der Waals surface area contributed by atoms with Crippen molar-refractivity contribution in [2.75, 3.05) is 0 Å². The second-order valence-corrected chi connectivity index (χ2v) is 1.48. The van der Waals surface area contributed by atoms with Gasteiger partial charge in [0.25, 0.3) is 0 Å². The highest BCUT2D eigenvalue weighted by atomic mass is 14.0. The second kappa shape index (κ2) is 4.70. The van der Waals surface area contributed by atoms with Gasteiger partial charge in [-0.05, 0) is 5.92 Å². The molecule has 0 radical (unpaired) electrons. The van der Waals surface area contributed by atoms with Crippen molar-refractivity contribution in [3.63, 3.8) is 0 Å². The fourth-order valence-electron chi connectivity index (χ4n) is 0. The van der Waals surface area contributed by atoms with Crippen molar-refractivity contribution in [3.05, 3.63) is 12.7 Å². The van der Waals surface area contributed by atoms with E-state index in [1.54, 1.807) is 0 Å². The van der Waals surface area contributed by atoms with Crippen LogP contribution in [-0.2, 0) is 0 Å². The Kier molecular flexibility index (Phi) is 7.20. The molecule has 0 fully saturated rings. The van der Waals surface area contributed by atoms with E-state index in [4.69, 9.17) is 0 Å². The molecule has 0 aliphatic rings. The lowest BCUT2D eigenvalue weighted by Gasteiger charge is -1.84. The number of rotatable bonds is 1. The van der Waals surface area contributed by atoms with Gasteiger partial charge >= 0.3 is 0 Å². The highest BCUT2D eigenvalue weighted by molar-refractivity contribution is 4.69. The van der Waals surface area contributed by atoms with E-state index in [1.165, 1.54) is 0 Å². The fraction of sp³-hybridized carbons (Fsp3) is 0.600. The van der Waals surface area contributed by atoms with Crippen LogP contribution in [0.25, 0.3) is 0 Å². The zero-order valence-corrected chi connectivity index (χ0v) is 4.57. The average molecular weight is 87.2 g/mol. The van der Waals surface area contributed by atoms with E-state index >= 15 is 0 Å². The van der Waals surface area contributed by atoms with Gasteiger partial charge in [-0.15, -0.1) is 6.58 Å². The smallest absolute Gasteiger partial charge is 0.0293 e. The summed E-state index contributed by atoms with van der Waals surface area (Å²) >= 11 is 0. The summed E-state index contributed by atoms with van der Waals surface area (Å²) in [5.41, 5.74) is 0. The Morgan fingerprint density at radius 2 is 1.67 bits per heavy atom. The minimum absolute atomic E-state index is 0. The van der Waals surface area contributed by atoms with E-state index in [1.807, 2.05) is 6.08 Å². The molecule has 0 atom stereocenters. The van der Waals surface area contributed by atoms with Crippen molar-refractivity contribution in [3.8, 4) is 0 Å². The molecule has 0 bridgehead atoms. The van der Waals surface area contributed by atoms with Crippen LogP contribution in [0.15, 0.2) is 12.7 Å². The molecule has 0 saturated carbocycles. The predicted octanol–water partition coefficient (Wildman–Crippen LogP) is 1.99. The Bertz CT molecular complexity index is 30.9. The van der Waals surface area contributed by atoms with Gasteiger partial charge in [0.05, 0.1) is 0 Å². The molecule has 3 N–H and O–H groups in total. The molecule has 0 heterocycles. The molecule has 0 spiro atoms. The van der Waals surface area contributed by atoms with E-state index in [9.17, 15) is 0 Å². The lowest BCUT2D eigenvalue weighted by atomic mass is 10.2. The second-order valence-electron chi connectivity index (χ2n) is 1.48. The third kappa shape index (κ3) is 9.33. The fourth-order valence-corrected chi connectivity index (χ4v) is 0. The molecule has 1 heteroatoms. The first-order valence-corrected chi connectivity index (χ1v) is 1.90. The molecule has 0 aliphatic heterocycles. The van der Waals surface area contributed by atoms with Crippen LogP contribution in [0.1, 0.15) is 13.8 Å². The predicted molar refractivity (Wildman–Crippen MR) is 30.1 cm³/mol. The summed E-state index contributed by atoms with van der Waals surface area (Å²) in [6.07, 6.45) is 1.92. The minimum Gasteiger partial charge on any atom is -0.344 e. The summed E-state index contributed by atoms with van der Waals surface area (Å²) in [4.78, 5) is 0. The van der Waals surface area contributed by atoms with Crippen LogP contribution in [0.4, 0.5) is 0 Å². The van der Waals surface area contributed by atoms with Crippen LogP contribution in [0.3, 0.4) is 0 Å². The number of hydrogen-bond donors (Lipinski definition) is 1. The van der Waals surface area contributed by atoms with Crippen LogP contribution in [0.5, 0.6) is 0 Å². The van der Waals surface area contributed by atoms with Crippen LogP contribution in [0.2, 0.25) is 0 Å². The highest BCUT2D eigenvalue weighted by Crippen LogP contribution is 1.87. The molecule has 6 heavy (non-hydrogen) atoms. The average Bonchev–Trinajstić information content (AvgIpc) is 1.38. The first kappa shape index (κ1) is 9.20. The van der Waals surface area contributed by atoms with Gasteiger partial charge in [-0.25, -0.2) is 0 Å². The standard InChI is InChI=1S/C5H10.H3N/c1-4-5(2)3;/h4-5H,1H2,2-3H3;1H3. The molecule has 1 nitrogen and oxygen atoms in total. The highest BCUT2D eigenvalue weighted by Gasteiger charge is 1.73. The Hall–Kier alpha value is -0.300. The van der Waals surface area contributed by atoms with Crippen molar-refractivity contribution in [2.24, 2.45) is 5.92 Å². The van der Waals surface area contributed by atoms with E-state index in [0.29, 0.717) is 5.92 Å². The Balaban J connectivity index is 0. The van der Waals surface area contributed by atoms with Crippen LogP contribution < -0.4 is 6.15 Å². The quantitative estimate of drug-likeness (QED) is 0.488. The maximum atomic E-state index is 3.56. The van der Waals surface area contributed by atoms with Crippen molar-refractivity contribution in [1.29, 1.82) is 0 Å². The first-order chi connectivity index (χ1) is 2.27. The largest absolute Gasteiger partial charge is 0.344 e. The lowest BCUT2D eigenvalue weighted by Crippen LogP contribution is -1.71. The molecule has 0 aromatic heterocycles. The maximum Gasteiger partial charge on any atom is -0.0293 e. The topological polar surface area (TPSA) is 35.0 Å². The van der Waals surface area contributed by atoms with Crippen LogP contribution in [-0.4, -0.2) is 0 Å².